The van der Waals surface area contributed by atoms with Crippen LogP contribution in [0.2, 0.25) is 0 Å². The standard InChI is InChI=1S/C16H29NO/c1-4-5-13-6-8-16(9-7-13)11-15(18)17-14(16)10-12(2)3/h12-14H,4-11H2,1-3H3,(H,17,18). The van der Waals surface area contributed by atoms with Crippen LogP contribution < -0.4 is 5.32 Å². The number of carbonyl (C=O) groups excluding carboxylic acids is 1. The zero-order valence-corrected chi connectivity index (χ0v) is 12.3. The highest BCUT2D eigenvalue weighted by atomic mass is 16.2. The summed E-state index contributed by atoms with van der Waals surface area (Å²) in [6, 6.07) is 0.451. The van der Waals surface area contributed by atoms with Crippen LogP contribution in [0.1, 0.15) is 72.1 Å². The molecule has 1 atom stereocenters. The van der Waals surface area contributed by atoms with E-state index in [0.29, 0.717) is 23.3 Å². The number of rotatable bonds is 4. The van der Waals surface area contributed by atoms with E-state index in [-0.39, 0.29) is 0 Å². The van der Waals surface area contributed by atoms with Gasteiger partial charge in [-0.05, 0) is 49.4 Å². The molecule has 1 N–H and O–H groups in total. The highest BCUT2D eigenvalue weighted by Crippen LogP contribution is 2.49. The second kappa shape index (κ2) is 5.63. The van der Waals surface area contributed by atoms with E-state index in [1.54, 1.807) is 0 Å². The van der Waals surface area contributed by atoms with Gasteiger partial charge in [0.2, 0.25) is 5.91 Å². The third-order valence-corrected chi connectivity index (χ3v) is 5.09. The number of amides is 1. The fourth-order valence-electron chi connectivity index (χ4n) is 4.10. The first-order valence-corrected chi connectivity index (χ1v) is 7.85. The Morgan fingerprint density at radius 2 is 2.00 bits per heavy atom. The number of hydrogen-bond acceptors (Lipinski definition) is 1. The molecule has 0 radical (unpaired) electrons. The minimum Gasteiger partial charge on any atom is -0.353 e. The van der Waals surface area contributed by atoms with Crippen molar-refractivity contribution in [3.63, 3.8) is 0 Å². The molecule has 2 rings (SSSR count). The molecule has 1 saturated heterocycles. The van der Waals surface area contributed by atoms with Crippen LogP contribution in [-0.2, 0) is 4.79 Å². The Bertz CT molecular complexity index is 289. The van der Waals surface area contributed by atoms with Crippen LogP contribution in [0, 0.1) is 17.3 Å². The lowest BCUT2D eigenvalue weighted by Gasteiger charge is -2.41. The Balaban J connectivity index is 1.99. The molecule has 1 heterocycles. The van der Waals surface area contributed by atoms with E-state index < -0.39 is 0 Å². The maximum absolute atomic E-state index is 11.8. The van der Waals surface area contributed by atoms with E-state index in [0.717, 1.165) is 18.8 Å². The highest BCUT2D eigenvalue weighted by Gasteiger charge is 2.48. The van der Waals surface area contributed by atoms with Gasteiger partial charge in [0.05, 0.1) is 0 Å². The normalized spacial score (nSPS) is 36.3. The zero-order chi connectivity index (χ0) is 13.2. The SMILES string of the molecule is CCCC1CCC2(CC1)CC(=O)NC2CC(C)C. The number of nitrogens with one attached hydrogen (secondary N) is 1. The minimum absolute atomic E-state index is 0.301. The van der Waals surface area contributed by atoms with Crippen molar-refractivity contribution in [3.8, 4) is 0 Å². The van der Waals surface area contributed by atoms with Crippen molar-refractivity contribution in [3.05, 3.63) is 0 Å². The second-order valence-corrected chi connectivity index (χ2v) is 7.02. The van der Waals surface area contributed by atoms with Crippen LogP contribution in [0.4, 0.5) is 0 Å². The topological polar surface area (TPSA) is 29.1 Å². The van der Waals surface area contributed by atoms with E-state index in [2.05, 4.69) is 26.1 Å². The smallest absolute Gasteiger partial charge is 0.220 e. The van der Waals surface area contributed by atoms with Crippen LogP contribution in [0.25, 0.3) is 0 Å². The Hall–Kier alpha value is -0.530. The highest BCUT2D eigenvalue weighted by molar-refractivity contribution is 5.80. The lowest BCUT2D eigenvalue weighted by Crippen LogP contribution is -2.40. The molecular formula is C16H29NO. The Morgan fingerprint density at radius 3 is 2.56 bits per heavy atom. The fourth-order valence-corrected chi connectivity index (χ4v) is 4.10. The van der Waals surface area contributed by atoms with Gasteiger partial charge in [0.15, 0.2) is 0 Å². The molecule has 18 heavy (non-hydrogen) atoms. The van der Waals surface area contributed by atoms with Gasteiger partial charge in [0.1, 0.15) is 0 Å². The van der Waals surface area contributed by atoms with E-state index in [1.807, 2.05) is 0 Å². The first kappa shape index (κ1) is 13.9. The van der Waals surface area contributed by atoms with Gasteiger partial charge in [-0.2, -0.15) is 0 Å². The molecule has 1 spiro atoms. The van der Waals surface area contributed by atoms with Crippen molar-refractivity contribution < 1.29 is 4.79 Å². The average Bonchev–Trinajstić information content (AvgIpc) is 2.58. The van der Waals surface area contributed by atoms with Crippen molar-refractivity contribution in [1.82, 2.24) is 5.32 Å². The van der Waals surface area contributed by atoms with Gasteiger partial charge in [0, 0.05) is 12.5 Å². The van der Waals surface area contributed by atoms with Crippen molar-refractivity contribution in [1.29, 1.82) is 0 Å². The van der Waals surface area contributed by atoms with Crippen molar-refractivity contribution >= 4 is 5.91 Å². The van der Waals surface area contributed by atoms with E-state index in [9.17, 15) is 4.79 Å². The van der Waals surface area contributed by atoms with Gasteiger partial charge < -0.3 is 5.32 Å². The summed E-state index contributed by atoms with van der Waals surface area (Å²) in [6.45, 7) is 6.81. The van der Waals surface area contributed by atoms with Gasteiger partial charge in [-0.3, -0.25) is 4.79 Å². The number of carbonyl (C=O) groups is 1. The molecule has 2 nitrogen and oxygen atoms in total. The van der Waals surface area contributed by atoms with Crippen LogP contribution in [-0.4, -0.2) is 11.9 Å². The van der Waals surface area contributed by atoms with E-state index in [4.69, 9.17) is 0 Å². The lowest BCUT2D eigenvalue weighted by molar-refractivity contribution is -0.119. The fraction of sp³-hybridized carbons (Fsp3) is 0.938. The molecule has 2 aliphatic rings. The van der Waals surface area contributed by atoms with Gasteiger partial charge in [0.25, 0.3) is 0 Å². The summed E-state index contributed by atoms with van der Waals surface area (Å²) in [7, 11) is 0. The predicted molar refractivity (Wildman–Crippen MR) is 75.3 cm³/mol. The Labute approximate surface area is 112 Å². The van der Waals surface area contributed by atoms with Crippen molar-refractivity contribution in [2.45, 2.75) is 78.2 Å². The summed E-state index contributed by atoms with van der Waals surface area (Å²) >= 11 is 0. The molecule has 2 heteroatoms. The predicted octanol–water partition coefficient (Wildman–Crippen LogP) is 3.90. The number of hydrogen-bond donors (Lipinski definition) is 1. The summed E-state index contributed by atoms with van der Waals surface area (Å²) in [4.78, 5) is 11.8. The molecule has 1 amide bonds. The van der Waals surface area contributed by atoms with Crippen LogP contribution in [0.3, 0.4) is 0 Å². The Kier molecular flexibility index (Phi) is 4.34. The molecule has 0 aromatic rings. The first-order valence-electron chi connectivity index (χ1n) is 7.85. The summed E-state index contributed by atoms with van der Waals surface area (Å²) < 4.78 is 0. The van der Waals surface area contributed by atoms with Crippen LogP contribution in [0.5, 0.6) is 0 Å². The summed E-state index contributed by atoms with van der Waals surface area (Å²) in [5, 5.41) is 3.25. The maximum Gasteiger partial charge on any atom is 0.220 e. The van der Waals surface area contributed by atoms with Crippen molar-refractivity contribution in [2.24, 2.45) is 17.3 Å². The monoisotopic (exact) mass is 251 g/mol. The van der Waals surface area contributed by atoms with Gasteiger partial charge >= 0.3 is 0 Å². The van der Waals surface area contributed by atoms with Gasteiger partial charge in [-0.25, -0.2) is 0 Å². The molecular weight excluding hydrogens is 222 g/mol. The van der Waals surface area contributed by atoms with E-state index >= 15 is 0 Å². The molecule has 0 aromatic carbocycles. The third-order valence-electron chi connectivity index (χ3n) is 5.09. The lowest BCUT2D eigenvalue weighted by atomic mass is 9.64. The van der Waals surface area contributed by atoms with Crippen LogP contribution >= 0.6 is 0 Å². The quantitative estimate of drug-likeness (QED) is 0.806. The first-order chi connectivity index (χ1) is 8.55. The van der Waals surface area contributed by atoms with Gasteiger partial charge in [-0.1, -0.05) is 33.6 Å². The van der Waals surface area contributed by atoms with Gasteiger partial charge in [-0.15, -0.1) is 0 Å². The Morgan fingerprint density at radius 1 is 1.33 bits per heavy atom. The van der Waals surface area contributed by atoms with Crippen LogP contribution in [0.15, 0.2) is 0 Å². The average molecular weight is 251 g/mol. The summed E-state index contributed by atoms with van der Waals surface area (Å²) in [5.41, 5.74) is 0.311. The maximum atomic E-state index is 11.8. The largest absolute Gasteiger partial charge is 0.353 e. The molecule has 1 saturated carbocycles. The molecule has 0 bridgehead atoms. The zero-order valence-electron chi connectivity index (χ0n) is 12.3. The summed E-state index contributed by atoms with van der Waals surface area (Å²) in [5.74, 6) is 1.91. The molecule has 104 valence electrons. The molecule has 1 unspecified atom stereocenters. The minimum atomic E-state index is 0.301. The van der Waals surface area contributed by atoms with E-state index in [1.165, 1.54) is 38.5 Å². The molecule has 1 aliphatic heterocycles. The molecule has 1 aliphatic carbocycles. The third kappa shape index (κ3) is 2.89. The molecule has 2 fully saturated rings. The van der Waals surface area contributed by atoms with Crippen molar-refractivity contribution in [2.75, 3.05) is 0 Å². The summed E-state index contributed by atoms with van der Waals surface area (Å²) in [6.07, 6.45) is 9.88. The second-order valence-electron chi connectivity index (χ2n) is 7.02. The molecule has 0 aromatic heterocycles.